The molecule has 2 aliphatic heterocycles. The average molecular weight is 340 g/mol. The van der Waals surface area contributed by atoms with Gasteiger partial charge in [-0.25, -0.2) is 0 Å². The quantitative estimate of drug-likeness (QED) is 0.858. The van der Waals surface area contributed by atoms with Gasteiger partial charge in [0.15, 0.2) is 0 Å². The van der Waals surface area contributed by atoms with Crippen molar-refractivity contribution < 1.29 is 5.11 Å². The summed E-state index contributed by atoms with van der Waals surface area (Å²) < 4.78 is 1.13. The number of benzene rings is 1. The zero-order valence-electron chi connectivity index (χ0n) is 11.6. The van der Waals surface area contributed by atoms with E-state index in [1.165, 1.54) is 5.56 Å². The molecular formula is C15H22BrN3O. The zero-order valence-corrected chi connectivity index (χ0v) is 13.2. The van der Waals surface area contributed by atoms with Crippen LogP contribution in [-0.2, 0) is 6.54 Å². The van der Waals surface area contributed by atoms with Crippen molar-refractivity contribution in [2.24, 2.45) is 0 Å². The molecule has 1 aromatic carbocycles. The second-order valence-corrected chi connectivity index (χ2v) is 6.65. The van der Waals surface area contributed by atoms with Gasteiger partial charge in [0.2, 0.25) is 0 Å². The third-order valence-electron chi connectivity index (χ3n) is 4.35. The van der Waals surface area contributed by atoms with E-state index in [0.717, 1.165) is 50.3 Å². The van der Waals surface area contributed by atoms with Crippen LogP contribution in [0.3, 0.4) is 0 Å². The largest absolute Gasteiger partial charge is 0.390 e. The molecule has 0 radical (unpaired) electrons. The Hall–Kier alpha value is -0.460. The number of aliphatic hydroxyl groups excluding tert-OH is 1. The summed E-state index contributed by atoms with van der Waals surface area (Å²) in [6.45, 7) is 6.96. The lowest BCUT2D eigenvalue weighted by atomic mass is 10.1. The topological polar surface area (TPSA) is 38.7 Å². The Balaban J connectivity index is 1.49. The zero-order chi connectivity index (χ0) is 13.9. The Kier molecular flexibility index (Phi) is 4.73. The summed E-state index contributed by atoms with van der Waals surface area (Å²) in [4.78, 5) is 4.93. The number of rotatable bonds is 3. The van der Waals surface area contributed by atoms with Gasteiger partial charge in [-0.1, -0.05) is 28.1 Å². The van der Waals surface area contributed by atoms with Crippen LogP contribution >= 0.6 is 15.9 Å². The molecule has 2 aliphatic rings. The Morgan fingerprint density at radius 1 is 1.10 bits per heavy atom. The van der Waals surface area contributed by atoms with Gasteiger partial charge in [-0.05, 0) is 17.7 Å². The van der Waals surface area contributed by atoms with Crippen LogP contribution < -0.4 is 5.32 Å². The Morgan fingerprint density at radius 2 is 1.80 bits per heavy atom. The summed E-state index contributed by atoms with van der Waals surface area (Å²) in [5.41, 5.74) is 1.37. The Labute approximate surface area is 128 Å². The first-order valence-corrected chi connectivity index (χ1v) is 8.11. The van der Waals surface area contributed by atoms with Crippen LogP contribution in [-0.4, -0.2) is 66.3 Å². The highest BCUT2D eigenvalue weighted by Gasteiger charge is 2.32. The van der Waals surface area contributed by atoms with Gasteiger partial charge in [0.1, 0.15) is 0 Å². The number of aliphatic hydroxyl groups is 1. The minimum atomic E-state index is -0.201. The molecule has 0 aromatic heterocycles. The molecule has 2 fully saturated rings. The van der Waals surface area contributed by atoms with Crippen LogP contribution in [0, 0.1) is 0 Å². The number of hydrogen-bond acceptors (Lipinski definition) is 4. The van der Waals surface area contributed by atoms with Gasteiger partial charge in [0.25, 0.3) is 0 Å². The minimum absolute atomic E-state index is 0.201. The van der Waals surface area contributed by atoms with E-state index in [4.69, 9.17) is 0 Å². The van der Waals surface area contributed by atoms with Crippen LogP contribution in [0.2, 0.25) is 0 Å². The molecule has 2 atom stereocenters. The van der Waals surface area contributed by atoms with Crippen molar-refractivity contribution in [1.82, 2.24) is 15.1 Å². The third kappa shape index (κ3) is 3.40. The smallest absolute Gasteiger partial charge is 0.0831 e. The molecule has 0 aliphatic carbocycles. The van der Waals surface area contributed by atoms with Crippen LogP contribution in [0.25, 0.3) is 0 Å². The predicted molar refractivity (Wildman–Crippen MR) is 83.7 cm³/mol. The lowest BCUT2D eigenvalue weighted by Gasteiger charge is -2.38. The number of nitrogens with zero attached hydrogens (tertiary/aromatic N) is 2. The fourth-order valence-electron chi connectivity index (χ4n) is 3.12. The van der Waals surface area contributed by atoms with E-state index >= 15 is 0 Å². The van der Waals surface area contributed by atoms with Crippen molar-refractivity contribution in [3.05, 3.63) is 34.3 Å². The monoisotopic (exact) mass is 339 g/mol. The molecule has 1 aromatic rings. The van der Waals surface area contributed by atoms with Gasteiger partial charge in [0.05, 0.1) is 6.10 Å². The van der Waals surface area contributed by atoms with E-state index in [1.807, 2.05) is 0 Å². The van der Waals surface area contributed by atoms with E-state index < -0.39 is 0 Å². The van der Waals surface area contributed by atoms with Crippen molar-refractivity contribution in [2.75, 3.05) is 39.3 Å². The van der Waals surface area contributed by atoms with Crippen LogP contribution in [0.4, 0.5) is 0 Å². The van der Waals surface area contributed by atoms with E-state index in [0.29, 0.717) is 6.04 Å². The number of halogens is 1. The maximum Gasteiger partial charge on any atom is 0.0831 e. The summed E-state index contributed by atoms with van der Waals surface area (Å²) in [5, 5.41) is 13.2. The van der Waals surface area contributed by atoms with E-state index in [-0.39, 0.29) is 6.10 Å². The molecule has 4 nitrogen and oxygen atoms in total. The first-order chi connectivity index (χ1) is 9.72. The highest BCUT2D eigenvalue weighted by Crippen LogP contribution is 2.16. The number of hydrogen-bond donors (Lipinski definition) is 2. The maximum atomic E-state index is 9.95. The van der Waals surface area contributed by atoms with Gasteiger partial charge >= 0.3 is 0 Å². The normalized spacial score (nSPS) is 28.9. The molecule has 0 amide bonds. The van der Waals surface area contributed by atoms with Gasteiger partial charge in [-0.3, -0.25) is 9.80 Å². The van der Waals surface area contributed by atoms with Crippen molar-refractivity contribution in [3.8, 4) is 0 Å². The number of β-amino-alcohol motifs (C(OH)–C–C–N with tert-alkyl or cyclic N) is 1. The van der Waals surface area contributed by atoms with Crippen LogP contribution in [0.1, 0.15) is 5.56 Å². The van der Waals surface area contributed by atoms with Crippen molar-refractivity contribution in [1.29, 1.82) is 0 Å². The summed E-state index contributed by atoms with van der Waals surface area (Å²) in [6.07, 6.45) is -0.201. The second-order valence-electron chi connectivity index (χ2n) is 5.73. The fraction of sp³-hybridized carbons (Fsp3) is 0.600. The lowest BCUT2D eigenvalue weighted by Crippen LogP contribution is -2.53. The van der Waals surface area contributed by atoms with Crippen LogP contribution in [0.5, 0.6) is 0 Å². The molecule has 2 N–H and O–H groups in total. The fourth-order valence-corrected chi connectivity index (χ4v) is 3.39. The second kappa shape index (κ2) is 6.54. The highest BCUT2D eigenvalue weighted by atomic mass is 79.9. The van der Waals surface area contributed by atoms with Crippen LogP contribution in [0.15, 0.2) is 28.7 Å². The number of nitrogens with one attached hydrogen (secondary N) is 1. The molecule has 1 unspecified atom stereocenters. The third-order valence-corrected chi connectivity index (χ3v) is 4.88. The van der Waals surface area contributed by atoms with E-state index in [2.05, 4.69) is 55.3 Å². The summed E-state index contributed by atoms with van der Waals surface area (Å²) >= 11 is 3.47. The van der Waals surface area contributed by atoms with Crippen molar-refractivity contribution in [3.63, 3.8) is 0 Å². The summed E-state index contributed by atoms with van der Waals surface area (Å²) in [7, 11) is 0. The molecule has 0 saturated carbocycles. The molecule has 2 heterocycles. The van der Waals surface area contributed by atoms with E-state index in [9.17, 15) is 5.11 Å². The molecular weight excluding hydrogens is 318 g/mol. The first kappa shape index (κ1) is 14.5. The van der Waals surface area contributed by atoms with Gasteiger partial charge < -0.3 is 10.4 Å². The van der Waals surface area contributed by atoms with Gasteiger partial charge in [0, 0.05) is 56.3 Å². The van der Waals surface area contributed by atoms with Crippen molar-refractivity contribution in [2.45, 2.75) is 18.7 Å². The molecule has 110 valence electrons. The molecule has 0 bridgehead atoms. The molecule has 3 rings (SSSR count). The Bertz CT molecular complexity index is 431. The van der Waals surface area contributed by atoms with E-state index in [1.54, 1.807) is 0 Å². The maximum absolute atomic E-state index is 9.95. The first-order valence-electron chi connectivity index (χ1n) is 7.32. The summed E-state index contributed by atoms with van der Waals surface area (Å²) in [6, 6.07) is 8.88. The van der Waals surface area contributed by atoms with Crippen molar-refractivity contribution >= 4 is 15.9 Å². The predicted octanol–water partition coefficient (Wildman–Crippen LogP) is 0.899. The Morgan fingerprint density at radius 3 is 2.40 bits per heavy atom. The van der Waals surface area contributed by atoms with Gasteiger partial charge in [-0.2, -0.15) is 0 Å². The average Bonchev–Trinajstić information content (AvgIpc) is 2.89. The van der Waals surface area contributed by atoms with Gasteiger partial charge in [-0.15, -0.1) is 0 Å². The lowest BCUT2D eigenvalue weighted by molar-refractivity contribution is 0.0424. The molecule has 20 heavy (non-hydrogen) atoms. The minimum Gasteiger partial charge on any atom is -0.390 e. The number of piperazine rings is 1. The molecule has 2 saturated heterocycles. The standard InChI is InChI=1S/C15H22BrN3O/c16-13-3-1-12(2-4-13)11-18-5-7-19(8-6-18)14-9-17-10-15(14)20/h1-4,14-15,17,20H,5-11H2/t14?,15-/m1/s1. The molecule has 0 spiro atoms. The SMILES string of the molecule is O[C@@H]1CNCC1N1CCN(Cc2ccc(Br)cc2)CC1. The summed E-state index contributed by atoms with van der Waals surface area (Å²) in [5.74, 6) is 0. The highest BCUT2D eigenvalue weighted by molar-refractivity contribution is 9.10. The molecule has 5 heteroatoms.